The van der Waals surface area contributed by atoms with Gasteiger partial charge in [-0.1, -0.05) is 36.4 Å². The second-order valence-corrected chi connectivity index (χ2v) is 7.21. The molecule has 2 aromatic heterocycles. The second-order valence-electron chi connectivity index (χ2n) is 7.21. The van der Waals surface area contributed by atoms with Gasteiger partial charge in [-0.3, -0.25) is 4.79 Å². The van der Waals surface area contributed by atoms with Gasteiger partial charge in [0.15, 0.2) is 0 Å². The number of hydrogen-bond donors (Lipinski definition) is 0. The van der Waals surface area contributed by atoms with E-state index in [2.05, 4.69) is 31.9 Å². The molecular formula is C23H25N5O. The van der Waals surface area contributed by atoms with Crippen LogP contribution >= 0.6 is 0 Å². The average Bonchev–Trinajstić information content (AvgIpc) is 2.80. The van der Waals surface area contributed by atoms with Crippen molar-refractivity contribution >= 4 is 17.5 Å². The first-order valence-corrected chi connectivity index (χ1v) is 9.87. The van der Waals surface area contributed by atoms with Crippen LogP contribution in [0.2, 0.25) is 0 Å². The van der Waals surface area contributed by atoms with Gasteiger partial charge in [-0.15, -0.1) is 0 Å². The van der Waals surface area contributed by atoms with E-state index >= 15 is 0 Å². The minimum atomic E-state index is 0.0374. The van der Waals surface area contributed by atoms with Crippen LogP contribution in [0.5, 0.6) is 0 Å². The summed E-state index contributed by atoms with van der Waals surface area (Å²) >= 11 is 0. The number of carbonyl (C=O) groups excluding carboxylic acids is 1. The van der Waals surface area contributed by atoms with E-state index < -0.39 is 0 Å². The van der Waals surface area contributed by atoms with Crippen LogP contribution < -0.4 is 9.80 Å². The Morgan fingerprint density at radius 2 is 1.69 bits per heavy atom. The Hall–Kier alpha value is -3.41. The minimum absolute atomic E-state index is 0.0374. The number of carbonyl (C=O) groups is 1. The van der Waals surface area contributed by atoms with Crippen LogP contribution in [0.4, 0.5) is 11.6 Å². The number of aromatic nitrogens is 2. The Bertz CT molecular complexity index is 923. The van der Waals surface area contributed by atoms with Crippen LogP contribution in [0, 0.1) is 0 Å². The van der Waals surface area contributed by atoms with E-state index in [1.54, 1.807) is 12.4 Å². The van der Waals surface area contributed by atoms with Crippen molar-refractivity contribution in [1.29, 1.82) is 0 Å². The molecule has 0 atom stereocenters. The minimum Gasteiger partial charge on any atom is -0.355 e. The van der Waals surface area contributed by atoms with Gasteiger partial charge < -0.3 is 14.7 Å². The third-order valence-electron chi connectivity index (χ3n) is 5.19. The molecule has 0 saturated carbocycles. The van der Waals surface area contributed by atoms with Gasteiger partial charge in [0.05, 0.1) is 5.56 Å². The summed E-state index contributed by atoms with van der Waals surface area (Å²) in [5, 5.41) is 0. The van der Waals surface area contributed by atoms with E-state index in [1.165, 1.54) is 5.56 Å². The maximum Gasteiger partial charge on any atom is 0.255 e. The molecule has 6 heteroatoms. The molecule has 148 valence electrons. The largest absolute Gasteiger partial charge is 0.355 e. The molecule has 0 bridgehead atoms. The van der Waals surface area contributed by atoms with E-state index in [1.807, 2.05) is 60.5 Å². The summed E-state index contributed by atoms with van der Waals surface area (Å²) in [4.78, 5) is 27.9. The third kappa shape index (κ3) is 4.54. The van der Waals surface area contributed by atoms with E-state index in [9.17, 15) is 4.79 Å². The van der Waals surface area contributed by atoms with Crippen LogP contribution in [0.15, 0.2) is 73.1 Å². The zero-order chi connectivity index (χ0) is 20.1. The highest BCUT2D eigenvalue weighted by atomic mass is 16.2. The molecule has 3 aromatic rings. The fourth-order valence-corrected chi connectivity index (χ4v) is 3.54. The van der Waals surface area contributed by atoms with Gasteiger partial charge in [0.2, 0.25) is 0 Å². The Balaban J connectivity index is 1.35. The number of nitrogens with zero attached hydrogens (tertiary/aromatic N) is 5. The molecule has 0 spiro atoms. The van der Waals surface area contributed by atoms with Gasteiger partial charge in [-0.25, -0.2) is 9.97 Å². The standard InChI is InChI=1S/C23H25N5O/c1-26(18-19-7-3-2-4-8-19)21-11-10-20(17-25-21)23(29)28-15-13-27(14-16-28)22-9-5-6-12-24-22/h2-12,17H,13-16,18H2,1H3. The number of amides is 1. The summed E-state index contributed by atoms with van der Waals surface area (Å²) in [7, 11) is 2.01. The van der Waals surface area contributed by atoms with Gasteiger partial charge in [0.25, 0.3) is 5.91 Å². The van der Waals surface area contributed by atoms with Crippen molar-refractivity contribution < 1.29 is 4.79 Å². The molecule has 0 radical (unpaired) electrons. The van der Waals surface area contributed by atoms with Crippen LogP contribution in [-0.4, -0.2) is 54.0 Å². The van der Waals surface area contributed by atoms with Crippen LogP contribution in [0.1, 0.15) is 15.9 Å². The second kappa shape index (κ2) is 8.73. The maximum absolute atomic E-state index is 12.9. The topological polar surface area (TPSA) is 52.6 Å². The van der Waals surface area contributed by atoms with E-state index in [4.69, 9.17) is 0 Å². The Morgan fingerprint density at radius 3 is 2.34 bits per heavy atom. The molecule has 1 aliphatic heterocycles. The van der Waals surface area contributed by atoms with Gasteiger partial charge in [-0.05, 0) is 29.8 Å². The Kier molecular flexibility index (Phi) is 5.70. The molecule has 1 aromatic carbocycles. The number of piperazine rings is 1. The molecule has 1 fully saturated rings. The molecule has 3 heterocycles. The predicted molar refractivity (Wildman–Crippen MR) is 115 cm³/mol. The lowest BCUT2D eigenvalue weighted by molar-refractivity contribution is 0.0746. The fourth-order valence-electron chi connectivity index (χ4n) is 3.54. The first-order valence-electron chi connectivity index (χ1n) is 9.87. The third-order valence-corrected chi connectivity index (χ3v) is 5.19. The zero-order valence-electron chi connectivity index (χ0n) is 16.6. The number of pyridine rings is 2. The smallest absolute Gasteiger partial charge is 0.255 e. The van der Waals surface area contributed by atoms with Crippen molar-refractivity contribution in [3.8, 4) is 0 Å². The lowest BCUT2D eigenvalue weighted by Crippen LogP contribution is -2.49. The van der Waals surface area contributed by atoms with Gasteiger partial charge in [-0.2, -0.15) is 0 Å². The molecule has 0 unspecified atom stereocenters. The van der Waals surface area contributed by atoms with Crippen molar-refractivity contribution in [2.45, 2.75) is 6.54 Å². The summed E-state index contributed by atoms with van der Waals surface area (Å²) in [6, 6.07) is 20.0. The first-order chi connectivity index (χ1) is 14.2. The predicted octanol–water partition coefficient (Wildman–Crippen LogP) is 3.08. The number of anilines is 2. The number of rotatable bonds is 5. The summed E-state index contributed by atoms with van der Waals surface area (Å²) in [5.74, 6) is 1.85. The summed E-state index contributed by atoms with van der Waals surface area (Å²) in [5.41, 5.74) is 1.86. The molecule has 0 N–H and O–H groups in total. The lowest BCUT2D eigenvalue weighted by Gasteiger charge is -2.35. The first kappa shape index (κ1) is 18.9. The van der Waals surface area contributed by atoms with Crippen molar-refractivity contribution in [3.05, 3.63) is 84.2 Å². The van der Waals surface area contributed by atoms with Crippen molar-refractivity contribution in [2.24, 2.45) is 0 Å². The number of benzene rings is 1. The Morgan fingerprint density at radius 1 is 0.931 bits per heavy atom. The summed E-state index contributed by atoms with van der Waals surface area (Å²) in [6.45, 7) is 3.72. The van der Waals surface area contributed by atoms with Crippen molar-refractivity contribution in [3.63, 3.8) is 0 Å². The van der Waals surface area contributed by atoms with Gasteiger partial charge in [0, 0.05) is 52.2 Å². The molecule has 0 aliphatic carbocycles. The highest BCUT2D eigenvalue weighted by molar-refractivity contribution is 5.94. The molecular weight excluding hydrogens is 362 g/mol. The highest BCUT2D eigenvalue weighted by Gasteiger charge is 2.23. The molecule has 4 rings (SSSR count). The SMILES string of the molecule is CN(Cc1ccccc1)c1ccc(C(=O)N2CCN(c3ccccn3)CC2)cn1. The molecule has 29 heavy (non-hydrogen) atoms. The molecule has 6 nitrogen and oxygen atoms in total. The van der Waals surface area contributed by atoms with E-state index in [0.717, 1.165) is 31.3 Å². The van der Waals surface area contributed by atoms with Crippen LogP contribution in [0.3, 0.4) is 0 Å². The van der Waals surface area contributed by atoms with Gasteiger partial charge >= 0.3 is 0 Å². The van der Waals surface area contributed by atoms with Gasteiger partial charge in [0.1, 0.15) is 11.6 Å². The lowest BCUT2D eigenvalue weighted by atomic mass is 10.2. The summed E-state index contributed by atoms with van der Waals surface area (Å²) < 4.78 is 0. The van der Waals surface area contributed by atoms with E-state index in [0.29, 0.717) is 18.7 Å². The molecule has 1 amide bonds. The average molecular weight is 387 g/mol. The Labute approximate surface area is 171 Å². The van der Waals surface area contributed by atoms with Crippen molar-refractivity contribution in [2.75, 3.05) is 43.0 Å². The van der Waals surface area contributed by atoms with Crippen LogP contribution in [-0.2, 0) is 6.54 Å². The quantitative estimate of drug-likeness (QED) is 0.673. The van der Waals surface area contributed by atoms with Crippen molar-refractivity contribution in [1.82, 2.24) is 14.9 Å². The fraction of sp³-hybridized carbons (Fsp3) is 0.261. The maximum atomic E-state index is 12.9. The number of hydrogen-bond acceptors (Lipinski definition) is 5. The van der Waals surface area contributed by atoms with Crippen LogP contribution in [0.25, 0.3) is 0 Å². The monoisotopic (exact) mass is 387 g/mol. The summed E-state index contributed by atoms with van der Waals surface area (Å²) in [6.07, 6.45) is 3.49. The van der Waals surface area contributed by atoms with E-state index in [-0.39, 0.29) is 5.91 Å². The highest BCUT2D eigenvalue weighted by Crippen LogP contribution is 2.17. The zero-order valence-corrected chi connectivity index (χ0v) is 16.6. The molecule has 1 aliphatic rings. The molecule has 1 saturated heterocycles. The normalized spacial score (nSPS) is 14.0.